The first-order valence-electron chi connectivity index (χ1n) is 8.44. The van der Waals surface area contributed by atoms with E-state index in [1.807, 2.05) is 19.9 Å². The minimum atomic E-state index is -0.866. The van der Waals surface area contributed by atoms with Crippen LogP contribution in [0.1, 0.15) is 50.7 Å². The van der Waals surface area contributed by atoms with Crippen molar-refractivity contribution in [1.29, 1.82) is 0 Å². The van der Waals surface area contributed by atoms with E-state index in [0.717, 1.165) is 5.56 Å². The van der Waals surface area contributed by atoms with Gasteiger partial charge < -0.3 is 14.9 Å². The lowest BCUT2D eigenvalue weighted by Gasteiger charge is -2.15. The summed E-state index contributed by atoms with van der Waals surface area (Å²) in [5.74, 6) is -0.567. The van der Waals surface area contributed by atoms with Gasteiger partial charge in [0, 0.05) is 29.2 Å². The van der Waals surface area contributed by atoms with Crippen molar-refractivity contribution in [2.45, 2.75) is 50.7 Å². The van der Waals surface area contributed by atoms with Crippen molar-refractivity contribution in [3.05, 3.63) is 23.3 Å². The van der Waals surface area contributed by atoms with E-state index >= 15 is 0 Å². The standard InChI is InChI=1S/C18H24N2O5S/c1-18(2,26)10-15(22)20-19-13-6-5-11-8-12(9-14(21)17(11)13)25-7-3-4-16(23)24/h8-9,21,26H,3-7,10H2,1-2H3,(H,20,22)(H,23,24)/b19-13+. The van der Waals surface area contributed by atoms with Crippen LogP contribution in [-0.2, 0) is 16.0 Å². The van der Waals surface area contributed by atoms with E-state index in [2.05, 4.69) is 23.2 Å². The molecule has 1 aromatic carbocycles. The summed E-state index contributed by atoms with van der Waals surface area (Å²) in [4.78, 5) is 22.4. The van der Waals surface area contributed by atoms with E-state index in [-0.39, 0.29) is 31.1 Å². The SMILES string of the molecule is CC(C)(S)CC(=O)N/N=C1\CCc2cc(OCCCC(=O)O)cc(O)c21. The molecule has 0 bridgehead atoms. The largest absolute Gasteiger partial charge is 0.507 e. The van der Waals surface area contributed by atoms with Crippen molar-refractivity contribution in [2.75, 3.05) is 6.61 Å². The molecule has 1 aliphatic rings. The van der Waals surface area contributed by atoms with Gasteiger partial charge >= 0.3 is 5.97 Å². The van der Waals surface area contributed by atoms with Gasteiger partial charge in [0.05, 0.1) is 12.3 Å². The highest BCUT2D eigenvalue weighted by Gasteiger charge is 2.24. The average molecular weight is 380 g/mol. The summed E-state index contributed by atoms with van der Waals surface area (Å²) in [7, 11) is 0. The Morgan fingerprint density at radius 1 is 1.35 bits per heavy atom. The number of aromatic hydroxyl groups is 1. The third kappa shape index (κ3) is 5.94. The lowest BCUT2D eigenvalue weighted by Crippen LogP contribution is -2.26. The van der Waals surface area contributed by atoms with E-state index in [4.69, 9.17) is 9.84 Å². The highest BCUT2D eigenvalue weighted by atomic mass is 32.1. The Morgan fingerprint density at radius 3 is 2.73 bits per heavy atom. The normalized spacial score (nSPS) is 15.0. The Morgan fingerprint density at radius 2 is 2.08 bits per heavy atom. The number of hydrogen-bond acceptors (Lipinski definition) is 6. The van der Waals surface area contributed by atoms with Crippen LogP contribution in [0.25, 0.3) is 0 Å². The van der Waals surface area contributed by atoms with Crippen molar-refractivity contribution < 1.29 is 24.5 Å². The Kier molecular flexibility index (Phi) is 6.52. The van der Waals surface area contributed by atoms with Crippen LogP contribution < -0.4 is 10.2 Å². The number of rotatable bonds is 8. The maximum atomic E-state index is 11.9. The molecule has 142 valence electrons. The summed E-state index contributed by atoms with van der Waals surface area (Å²) < 4.78 is 5.09. The van der Waals surface area contributed by atoms with Crippen LogP contribution >= 0.6 is 12.6 Å². The number of hydrogen-bond donors (Lipinski definition) is 4. The molecule has 8 heteroatoms. The summed E-state index contributed by atoms with van der Waals surface area (Å²) in [5, 5.41) is 23.1. The molecule has 0 aromatic heterocycles. The highest BCUT2D eigenvalue weighted by molar-refractivity contribution is 7.81. The number of nitrogens with one attached hydrogen (secondary N) is 1. The van der Waals surface area contributed by atoms with Crippen LogP contribution in [-0.4, -0.2) is 39.2 Å². The minimum Gasteiger partial charge on any atom is -0.507 e. The van der Waals surface area contributed by atoms with Gasteiger partial charge in [0.25, 0.3) is 0 Å². The maximum absolute atomic E-state index is 11.9. The number of hydrazone groups is 1. The molecule has 1 aliphatic carbocycles. The number of amides is 1. The number of carboxylic acids is 1. The fourth-order valence-corrected chi connectivity index (χ4v) is 2.88. The van der Waals surface area contributed by atoms with Gasteiger partial charge in [-0.3, -0.25) is 9.59 Å². The summed E-state index contributed by atoms with van der Waals surface area (Å²) in [6, 6.07) is 3.30. The van der Waals surface area contributed by atoms with Gasteiger partial charge in [-0.25, -0.2) is 5.43 Å². The molecular weight excluding hydrogens is 356 g/mol. The number of thiol groups is 1. The number of fused-ring (bicyclic) bond motifs is 1. The Bertz CT molecular complexity index is 725. The van der Waals surface area contributed by atoms with Crippen molar-refractivity contribution in [1.82, 2.24) is 5.43 Å². The Labute approximate surface area is 157 Å². The first kappa shape index (κ1) is 20.1. The number of aliphatic carboxylic acids is 1. The molecule has 26 heavy (non-hydrogen) atoms. The summed E-state index contributed by atoms with van der Waals surface area (Å²) in [6.45, 7) is 3.95. The number of phenols is 1. The number of carbonyl (C=O) groups excluding carboxylic acids is 1. The monoisotopic (exact) mass is 380 g/mol. The number of carbonyl (C=O) groups is 2. The van der Waals surface area contributed by atoms with Crippen LogP contribution in [0.2, 0.25) is 0 Å². The van der Waals surface area contributed by atoms with E-state index in [1.165, 1.54) is 6.07 Å². The molecule has 1 amide bonds. The van der Waals surface area contributed by atoms with Crippen LogP contribution in [0.5, 0.6) is 11.5 Å². The molecule has 0 atom stereocenters. The van der Waals surface area contributed by atoms with Gasteiger partial charge in [0.15, 0.2) is 0 Å². The van der Waals surface area contributed by atoms with Gasteiger partial charge in [-0.15, -0.1) is 0 Å². The molecule has 1 aromatic rings. The third-order valence-corrected chi connectivity index (χ3v) is 3.96. The molecule has 0 spiro atoms. The van der Waals surface area contributed by atoms with Crippen molar-refractivity contribution in [3.8, 4) is 11.5 Å². The predicted molar refractivity (Wildman–Crippen MR) is 101 cm³/mol. The zero-order valence-electron chi connectivity index (χ0n) is 14.9. The van der Waals surface area contributed by atoms with E-state index in [9.17, 15) is 14.7 Å². The highest BCUT2D eigenvalue weighted by Crippen LogP contribution is 2.34. The molecule has 0 heterocycles. The number of phenolic OH excluding ortho intramolecular Hbond substituents is 1. The minimum absolute atomic E-state index is 0.0377. The number of ether oxygens (including phenoxy) is 1. The predicted octanol–water partition coefficient (Wildman–Crippen LogP) is 2.50. The first-order chi connectivity index (χ1) is 12.2. The van der Waals surface area contributed by atoms with Gasteiger partial charge in [0.2, 0.25) is 5.91 Å². The van der Waals surface area contributed by atoms with E-state index in [0.29, 0.717) is 36.3 Å². The van der Waals surface area contributed by atoms with Crippen molar-refractivity contribution >= 4 is 30.2 Å². The van der Waals surface area contributed by atoms with E-state index < -0.39 is 10.7 Å². The molecule has 0 unspecified atom stereocenters. The summed E-state index contributed by atoms with van der Waals surface area (Å²) in [6.07, 6.45) is 1.96. The van der Waals surface area contributed by atoms with Crippen LogP contribution in [0.3, 0.4) is 0 Å². The first-order valence-corrected chi connectivity index (χ1v) is 8.89. The fourth-order valence-electron chi connectivity index (χ4n) is 2.74. The topological polar surface area (TPSA) is 108 Å². The fraction of sp³-hybridized carbons (Fsp3) is 0.500. The van der Waals surface area contributed by atoms with Gasteiger partial charge in [0.1, 0.15) is 11.5 Å². The van der Waals surface area contributed by atoms with Crippen LogP contribution in [0.4, 0.5) is 0 Å². The second-order valence-electron chi connectivity index (χ2n) is 6.90. The lowest BCUT2D eigenvalue weighted by molar-refractivity contribution is -0.137. The smallest absolute Gasteiger partial charge is 0.303 e. The van der Waals surface area contributed by atoms with Crippen LogP contribution in [0.15, 0.2) is 17.2 Å². The zero-order valence-corrected chi connectivity index (χ0v) is 15.8. The second kappa shape index (κ2) is 8.44. The molecule has 0 saturated heterocycles. The summed E-state index contributed by atoms with van der Waals surface area (Å²) in [5.41, 5.74) is 4.65. The zero-order chi connectivity index (χ0) is 19.3. The van der Waals surface area contributed by atoms with Crippen molar-refractivity contribution in [2.24, 2.45) is 5.10 Å². The Balaban J connectivity index is 2.02. The molecule has 0 radical (unpaired) electrons. The number of aryl methyl sites for hydroxylation is 1. The number of nitrogens with zero attached hydrogens (tertiary/aromatic N) is 1. The second-order valence-corrected chi connectivity index (χ2v) is 8.12. The average Bonchev–Trinajstić information content (AvgIpc) is 2.91. The quantitative estimate of drug-likeness (QED) is 0.315. The molecule has 2 rings (SSSR count). The van der Waals surface area contributed by atoms with Crippen molar-refractivity contribution in [3.63, 3.8) is 0 Å². The molecule has 7 nitrogen and oxygen atoms in total. The molecule has 0 saturated carbocycles. The number of carboxylic acid groups (broad SMARTS) is 1. The molecule has 3 N–H and O–H groups in total. The van der Waals surface area contributed by atoms with Gasteiger partial charge in [-0.05, 0) is 30.9 Å². The lowest BCUT2D eigenvalue weighted by atomic mass is 10.1. The summed E-state index contributed by atoms with van der Waals surface area (Å²) >= 11 is 4.32. The van der Waals surface area contributed by atoms with E-state index in [1.54, 1.807) is 0 Å². The van der Waals surface area contributed by atoms with Crippen LogP contribution in [0, 0.1) is 0 Å². The number of benzene rings is 1. The Hall–Kier alpha value is -2.22. The van der Waals surface area contributed by atoms with Gasteiger partial charge in [-0.2, -0.15) is 17.7 Å². The maximum Gasteiger partial charge on any atom is 0.303 e. The molecule has 0 aliphatic heterocycles. The third-order valence-electron chi connectivity index (χ3n) is 3.80. The molecular formula is C18H24N2O5S. The van der Waals surface area contributed by atoms with Gasteiger partial charge in [-0.1, -0.05) is 13.8 Å². The molecule has 0 fully saturated rings.